The van der Waals surface area contributed by atoms with Crippen LogP contribution in [0.2, 0.25) is 0 Å². The normalized spacial score (nSPS) is 14.2. The first-order valence-electron chi connectivity index (χ1n) is 7.76. The summed E-state index contributed by atoms with van der Waals surface area (Å²) < 4.78 is 10.6. The SMILES string of the molecule is COc1ccc2c(CC(=O)NCC(=O)N3CCCC3)coc2c1. The number of nitrogens with zero attached hydrogens (tertiary/aromatic N) is 1. The third kappa shape index (κ3) is 3.47. The Morgan fingerprint density at radius 1 is 1.30 bits per heavy atom. The Labute approximate surface area is 134 Å². The largest absolute Gasteiger partial charge is 0.497 e. The molecule has 1 N–H and O–H groups in total. The number of hydrogen-bond acceptors (Lipinski definition) is 4. The van der Waals surface area contributed by atoms with Crippen LogP contribution >= 0.6 is 0 Å². The Hall–Kier alpha value is -2.50. The Balaban J connectivity index is 1.58. The number of benzene rings is 1. The summed E-state index contributed by atoms with van der Waals surface area (Å²) >= 11 is 0. The molecule has 1 aromatic heterocycles. The third-order valence-electron chi connectivity index (χ3n) is 4.11. The number of carbonyl (C=O) groups is 2. The predicted octanol–water partition coefficient (Wildman–Crippen LogP) is 1.72. The molecule has 3 rings (SSSR count). The monoisotopic (exact) mass is 316 g/mol. The second-order valence-corrected chi connectivity index (χ2v) is 5.66. The number of ether oxygens (including phenoxy) is 1. The molecular formula is C17H20N2O4. The van der Waals surface area contributed by atoms with Gasteiger partial charge in [-0.05, 0) is 25.0 Å². The van der Waals surface area contributed by atoms with Gasteiger partial charge in [-0.2, -0.15) is 0 Å². The van der Waals surface area contributed by atoms with Gasteiger partial charge in [0.1, 0.15) is 11.3 Å². The number of methoxy groups -OCH3 is 1. The number of furan rings is 1. The molecule has 23 heavy (non-hydrogen) atoms. The van der Waals surface area contributed by atoms with Crippen molar-refractivity contribution < 1.29 is 18.7 Å². The number of carbonyl (C=O) groups excluding carboxylic acids is 2. The summed E-state index contributed by atoms with van der Waals surface area (Å²) in [6.45, 7) is 1.65. The quantitative estimate of drug-likeness (QED) is 0.912. The van der Waals surface area contributed by atoms with Gasteiger partial charge < -0.3 is 19.4 Å². The van der Waals surface area contributed by atoms with Crippen molar-refractivity contribution in [1.29, 1.82) is 0 Å². The predicted molar refractivity (Wildman–Crippen MR) is 85.3 cm³/mol. The van der Waals surface area contributed by atoms with Crippen LogP contribution in [0.25, 0.3) is 11.0 Å². The van der Waals surface area contributed by atoms with E-state index in [1.54, 1.807) is 24.3 Å². The fourth-order valence-corrected chi connectivity index (χ4v) is 2.82. The van der Waals surface area contributed by atoms with E-state index in [1.165, 1.54) is 0 Å². The van der Waals surface area contributed by atoms with Gasteiger partial charge in [-0.1, -0.05) is 0 Å². The van der Waals surface area contributed by atoms with Crippen molar-refractivity contribution in [3.8, 4) is 5.75 Å². The lowest BCUT2D eigenvalue weighted by Gasteiger charge is -2.15. The number of likely N-dealkylation sites (tertiary alicyclic amines) is 1. The number of nitrogens with one attached hydrogen (secondary N) is 1. The molecule has 1 fully saturated rings. The molecule has 1 aliphatic heterocycles. The Morgan fingerprint density at radius 2 is 2.09 bits per heavy atom. The van der Waals surface area contributed by atoms with Gasteiger partial charge in [-0.15, -0.1) is 0 Å². The van der Waals surface area contributed by atoms with E-state index >= 15 is 0 Å². The maximum absolute atomic E-state index is 12.0. The molecule has 0 atom stereocenters. The fourth-order valence-electron chi connectivity index (χ4n) is 2.82. The van der Waals surface area contributed by atoms with Crippen molar-refractivity contribution >= 4 is 22.8 Å². The summed E-state index contributed by atoms with van der Waals surface area (Å²) in [5.41, 5.74) is 1.48. The molecular weight excluding hydrogens is 296 g/mol. The average molecular weight is 316 g/mol. The van der Waals surface area contributed by atoms with Gasteiger partial charge in [0.2, 0.25) is 11.8 Å². The van der Waals surface area contributed by atoms with Crippen LogP contribution in [-0.4, -0.2) is 43.5 Å². The molecule has 0 spiro atoms. The van der Waals surface area contributed by atoms with E-state index in [2.05, 4.69) is 5.32 Å². The van der Waals surface area contributed by atoms with Gasteiger partial charge >= 0.3 is 0 Å². The van der Waals surface area contributed by atoms with E-state index in [0.29, 0.717) is 11.3 Å². The molecule has 122 valence electrons. The Kier molecular flexibility index (Phi) is 4.50. The van der Waals surface area contributed by atoms with Crippen LogP contribution in [0.4, 0.5) is 0 Å². The third-order valence-corrected chi connectivity index (χ3v) is 4.11. The minimum atomic E-state index is -0.184. The summed E-state index contributed by atoms with van der Waals surface area (Å²) in [5.74, 6) is 0.507. The molecule has 2 heterocycles. The number of fused-ring (bicyclic) bond motifs is 1. The molecule has 0 aliphatic carbocycles. The van der Waals surface area contributed by atoms with Crippen LogP contribution in [0.1, 0.15) is 18.4 Å². The lowest BCUT2D eigenvalue weighted by Crippen LogP contribution is -2.39. The molecule has 1 aromatic carbocycles. The fraction of sp³-hybridized carbons (Fsp3) is 0.412. The van der Waals surface area contributed by atoms with Crippen molar-refractivity contribution in [2.45, 2.75) is 19.3 Å². The maximum atomic E-state index is 12.0. The molecule has 2 amide bonds. The lowest BCUT2D eigenvalue weighted by molar-refractivity contribution is -0.131. The number of hydrogen-bond donors (Lipinski definition) is 1. The first kappa shape index (κ1) is 15.4. The van der Waals surface area contributed by atoms with Crippen LogP contribution in [-0.2, 0) is 16.0 Å². The Bertz CT molecular complexity index is 716. The standard InChI is InChI=1S/C17H20N2O4/c1-22-13-4-5-14-12(11-23-15(14)9-13)8-16(20)18-10-17(21)19-6-2-3-7-19/h4-5,9,11H,2-3,6-8,10H2,1H3,(H,18,20). The molecule has 0 bridgehead atoms. The Morgan fingerprint density at radius 3 is 2.83 bits per heavy atom. The molecule has 0 saturated carbocycles. The van der Waals surface area contributed by atoms with Crippen molar-refractivity contribution in [2.24, 2.45) is 0 Å². The molecule has 2 aromatic rings. The van der Waals surface area contributed by atoms with Crippen LogP contribution in [0.15, 0.2) is 28.9 Å². The van der Waals surface area contributed by atoms with Gasteiger partial charge in [-0.3, -0.25) is 9.59 Å². The zero-order chi connectivity index (χ0) is 16.2. The molecule has 6 heteroatoms. The van der Waals surface area contributed by atoms with Gasteiger partial charge in [0.05, 0.1) is 26.3 Å². The van der Waals surface area contributed by atoms with Crippen LogP contribution < -0.4 is 10.1 Å². The van der Waals surface area contributed by atoms with Crippen molar-refractivity contribution in [3.05, 3.63) is 30.0 Å². The summed E-state index contributed by atoms with van der Waals surface area (Å²) in [5, 5.41) is 3.57. The molecule has 0 radical (unpaired) electrons. The zero-order valence-corrected chi connectivity index (χ0v) is 13.1. The zero-order valence-electron chi connectivity index (χ0n) is 13.1. The van der Waals surface area contributed by atoms with Crippen LogP contribution in [0.5, 0.6) is 5.75 Å². The summed E-state index contributed by atoms with van der Waals surface area (Å²) in [6, 6.07) is 5.49. The number of amides is 2. The molecule has 0 unspecified atom stereocenters. The van der Waals surface area contributed by atoms with Gasteiger partial charge in [0.25, 0.3) is 0 Å². The number of rotatable bonds is 5. The highest BCUT2D eigenvalue weighted by atomic mass is 16.5. The summed E-state index contributed by atoms with van der Waals surface area (Å²) in [4.78, 5) is 25.8. The van der Waals surface area contributed by atoms with Gasteiger partial charge in [-0.25, -0.2) is 0 Å². The molecule has 1 saturated heterocycles. The highest BCUT2D eigenvalue weighted by molar-refractivity contribution is 5.90. The van der Waals surface area contributed by atoms with Gasteiger partial charge in [0.15, 0.2) is 0 Å². The second-order valence-electron chi connectivity index (χ2n) is 5.66. The minimum absolute atomic E-state index is 0.0161. The lowest BCUT2D eigenvalue weighted by atomic mass is 10.1. The summed E-state index contributed by atoms with van der Waals surface area (Å²) in [7, 11) is 1.59. The average Bonchev–Trinajstić information content (AvgIpc) is 3.22. The molecule has 1 aliphatic rings. The second kappa shape index (κ2) is 6.73. The van der Waals surface area contributed by atoms with E-state index in [4.69, 9.17) is 9.15 Å². The van der Waals surface area contributed by atoms with Crippen molar-refractivity contribution in [2.75, 3.05) is 26.7 Å². The van der Waals surface area contributed by atoms with E-state index in [0.717, 1.165) is 36.9 Å². The van der Waals surface area contributed by atoms with Crippen molar-refractivity contribution in [1.82, 2.24) is 10.2 Å². The highest BCUT2D eigenvalue weighted by Gasteiger charge is 2.18. The van der Waals surface area contributed by atoms with E-state index in [1.807, 2.05) is 12.1 Å². The smallest absolute Gasteiger partial charge is 0.241 e. The maximum Gasteiger partial charge on any atom is 0.241 e. The topological polar surface area (TPSA) is 71.8 Å². The van der Waals surface area contributed by atoms with E-state index < -0.39 is 0 Å². The molecule has 6 nitrogen and oxygen atoms in total. The first-order valence-corrected chi connectivity index (χ1v) is 7.76. The first-order chi connectivity index (χ1) is 11.2. The minimum Gasteiger partial charge on any atom is -0.497 e. The van der Waals surface area contributed by atoms with E-state index in [9.17, 15) is 9.59 Å². The van der Waals surface area contributed by atoms with Crippen LogP contribution in [0.3, 0.4) is 0 Å². The summed E-state index contributed by atoms with van der Waals surface area (Å²) in [6.07, 6.45) is 3.85. The highest BCUT2D eigenvalue weighted by Crippen LogP contribution is 2.25. The van der Waals surface area contributed by atoms with E-state index in [-0.39, 0.29) is 24.8 Å². The van der Waals surface area contributed by atoms with Crippen LogP contribution in [0, 0.1) is 0 Å². The van der Waals surface area contributed by atoms with Gasteiger partial charge in [0, 0.05) is 30.1 Å². The van der Waals surface area contributed by atoms with Crippen molar-refractivity contribution in [3.63, 3.8) is 0 Å².